The Morgan fingerprint density at radius 3 is 3.12 bits per heavy atom. The predicted octanol–water partition coefficient (Wildman–Crippen LogP) is 1.87. The molecule has 0 atom stereocenters. The minimum Gasteiger partial charge on any atom is -0.198 e. The smallest absolute Gasteiger partial charge is 0.198 e. The average molecular weight is 231 g/mol. The first-order chi connectivity index (χ1) is 7.90. The molecule has 0 fully saturated rings. The average Bonchev–Trinajstić information content (AvgIpc) is 2.83. The summed E-state index contributed by atoms with van der Waals surface area (Å²) in [5.41, 5.74) is 0.927. The van der Waals surface area contributed by atoms with Crippen molar-refractivity contribution in [3.8, 4) is 17.5 Å². The number of thioether (sulfide) groups is 1. The molecule has 0 unspecified atom stereocenters. The summed E-state index contributed by atoms with van der Waals surface area (Å²) in [6.07, 6.45) is 0.553. The number of benzene rings is 1. The summed E-state index contributed by atoms with van der Waals surface area (Å²) in [5, 5.41) is 22.2. The summed E-state index contributed by atoms with van der Waals surface area (Å²) in [5.74, 6) is 1.38. The normalized spacial score (nSPS) is 9.94. The Morgan fingerprint density at radius 1 is 1.44 bits per heavy atom. The summed E-state index contributed by atoms with van der Waals surface area (Å²) < 4.78 is 0. The molecule has 0 bridgehead atoms. The van der Waals surface area contributed by atoms with E-state index in [0.717, 1.165) is 16.2 Å². The summed E-state index contributed by atoms with van der Waals surface area (Å²) >= 11 is 1.65. The van der Waals surface area contributed by atoms with Crippen molar-refractivity contribution < 1.29 is 0 Å². The van der Waals surface area contributed by atoms with Crippen LogP contribution in [0.15, 0.2) is 29.2 Å². The number of H-pyrrole nitrogens is 1. The van der Waals surface area contributed by atoms with Gasteiger partial charge >= 0.3 is 0 Å². The number of tetrazole rings is 1. The van der Waals surface area contributed by atoms with Crippen LogP contribution in [-0.4, -0.2) is 26.4 Å². The van der Waals surface area contributed by atoms with E-state index < -0.39 is 0 Å². The second-order valence-corrected chi connectivity index (χ2v) is 4.19. The van der Waals surface area contributed by atoms with Gasteiger partial charge in [0, 0.05) is 22.6 Å². The molecule has 1 aromatic heterocycles. The Hall–Kier alpha value is -1.87. The number of nitriles is 1. The monoisotopic (exact) mass is 231 g/mol. The number of rotatable bonds is 4. The highest BCUT2D eigenvalue weighted by Gasteiger charge is 2.03. The van der Waals surface area contributed by atoms with Crippen molar-refractivity contribution >= 4 is 11.8 Å². The van der Waals surface area contributed by atoms with E-state index in [2.05, 4.69) is 26.7 Å². The van der Waals surface area contributed by atoms with Crippen molar-refractivity contribution in [1.29, 1.82) is 5.26 Å². The zero-order chi connectivity index (χ0) is 11.2. The molecule has 80 valence electrons. The topological polar surface area (TPSA) is 78.2 Å². The van der Waals surface area contributed by atoms with Crippen LogP contribution in [0.2, 0.25) is 0 Å². The Balaban J connectivity index is 2.11. The van der Waals surface area contributed by atoms with Crippen LogP contribution >= 0.6 is 11.8 Å². The van der Waals surface area contributed by atoms with Crippen LogP contribution in [-0.2, 0) is 0 Å². The van der Waals surface area contributed by atoms with Gasteiger partial charge in [-0.2, -0.15) is 10.5 Å². The lowest BCUT2D eigenvalue weighted by Gasteiger charge is -2.00. The van der Waals surface area contributed by atoms with Crippen LogP contribution in [0.5, 0.6) is 0 Å². The molecule has 5 nitrogen and oxygen atoms in total. The van der Waals surface area contributed by atoms with E-state index in [9.17, 15) is 0 Å². The van der Waals surface area contributed by atoms with E-state index in [0.29, 0.717) is 12.2 Å². The van der Waals surface area contributed by atoms with Gasteiger partial charge in [0.2, 0.25) is 5.82 Å². The van der Waals surface area contributed by atoms with E-state index in [1.54, 1.807) is 11.8 Å². The minimum absolute atomic E-state index is 0.553. The van der Waals surface area contributed by atoms with Crippen LogP contribution in [0.4, 0.5) is 0 Å². The van der Waals surface area contributed by atoms with Gasteiger partial charge in [-0.25, -0.2) is 0 Å². The fourth-order valence-corrected chi connectivity index (χ4v) is 2.04. The maximum Gasteiger partial charge on any atom is 0.204 e. The van der Waals surface area contributed by atoms with E-state index in [-0.39, 0.29) is 0 Å². The second kappa shape index (κ2) is 5.28. The Bertz CT molecular complexity index is 488. The molecule has 0 aliphatic heterocycles. The molecule has 0 spiro atoms. The molecule has 1 N–H and O–H groups in total. The van der Waals surface area contributed by atoms with Crippen molar-refractivity contribution in [1.82, 2.24) is 20.6 Å². The van der Waals surface area contributed by atoms with Crippen LogP contribution in [0.1, 0.15) is 6.42 Å². The van der Waals surface area contributed by atoms with Gasteiger partial charge in [0.25, 0.3) is 0 Å². The molecular formula is C10H9N5S. The fraction of sp³-hybridized carbons (Fsp3) is 0.200. The standard InChI is InChI=1S/C10H9N5S/c11-5-2-6-16-9-4-1-3-8(7-9)10-12-14-15-13-10/h1,3-4,7H,2,6H2,(H,12,13,14,15). The minimum atomic E-state index is 0.553. The maximum absolute atomic E-state index is 8.45. The number of aromatic amines is 1. The number of hydrogen-bond donors (Lipinski definition) is 1. The molecule has 2 aromatic rings. The molecule has 6 heteroatoms. The van der Waals surface area contributed by atoms with Gasteiger partial charge in [-0.1, -0.05) is 12.1 Å². The third-order valence-electron chi connectivity index (χ3n) is 1.92. The molecule has 1 aromatic carbocycles. The third kappa shape index (κ3) is 2.58. The molecule has 0 saturated carbocycles. The first kappa shape index (κ1) is 10.6. The summed E-state index contributed by atoms with van der Waals surface area (Å²) in [7, 11) is 0. The van der Waals surface area contributed by atoms with Gasteiger partial charge in [-0.05, 0) is 17.3 Å². The summed E-state index contributed by atoms with van der Waals surface area (Å²) in [6, 6.07) is 9.99. The molecule has 0 aliphatic rings. The zero-order valence-corrected chi connectivity index (χ0v) is 9.24. The van der Waals surface area contributed by atoms with E-state index in [1.165, 1.54) is 0 Å². The molecule has 1 heterocycles. The highest BCUT2D eigenvalue weighted by Crippen LogP contribution is 2.23. The Labute approximate surface area is 96.9 Å². The SMILES string of the molecule is N#CCCSc1cccc(-c2nn[nH]n2)c1. The lowest BCUT2D eigenvalue weighted by Crippen LogP contribution is -1.83. The molecule has 2 rings (SSSR count). The van der Waals surface area contributed by atoms with Crippen molar-refractivity contribution in [3.05, 3.63) is 24.3 Å². The van der Waals surface area contributed by atoms with Gasteiger partial charge in [0.05, 0.1) is 6.07 Å². The van der Waals surface area contributed by atoms with Crippen LogP contribution in [0, 0.1) is 11.3 Å². The Kier molecular flexibility index (Phi) is 3.51. The van der Waals surface area contributed by atoms with E-state index >= 15 is 0 Å². The molecule has 0 aliphatic carbocycles. The highest BCUT2D eigenvalue weighted by atomic mass is 32.2. The summed E-state index contributed by atoms with van der Waals surface area (Å²) in [4.78, 5) is 1.11. The number of nitrogens with zero attached hydrogens (tertiary/aromatic N) is 4. The van der Waals surface area contributed by atoms with Crippen molar-refractivity contribution in [3.63, 3.8) is 0 Å². The molecule has 0 amide bonds. The number of aromatic nitrogens is 4. The second-order valence-electron chi connectivity index (χ2n) is 3.02. The molecule has 0 radical (unpaired) electrons. The van der Waals surface area contributed by atoms with Crippen molar-refractivity contribution in [2.75, 3.05) is 5.75 Å². The molecular weight excluding hydrogens is 222 g/mol. The largest absolute Gasteiger partial charge is 0.204 e. The maximum atomic E-state index is 8.45. The lowest BCUT2D eigenvalue weighted by atomic mass is 10.2. The number of nitrogens with one attached hydrogen (secondary N) is 1. The molecule has 0 saturated heterocycles. The zero-order valence-electron chi connectivity index (χ0n) is 8.42. The van der Waals surface area contributed by atoms with Crippen LogP contribution in [0.25, 0.3) is 11.4 Å². The van der Waals surface area contributed by atoms with Gasteiger partial charge in [-0.15, -0.1) is 22.0 Å². The fourth-order valence-electron chi connectivity index (χ4n) is 1.22. The van der Waals surface area contributed by atoms with Gasteiger partial charge < -0.3 is 0 Å². The van der Waals surface area contributed by atoms with Gasteiger partial charge in [0.15, 0.2) is 0 Å². The van der Waals surface area contributed by atoms with E-state index in [1.807, 2.05) is 24.3 Å². The Morgan fingerprint density at radius 2 is 2.38 bits per heavy atom. The first-order valence-corrected chi connectivity index (χ1v) is 5.72. The predicted molar refractivity (Wildman–Crippen MR) is 60.6 cm³/mol. The highest BCUT2D eigenvalue weighted by molar-refractivity contribution is 7.99. The van der Waals surface area contributed by atoms with E-state index in [4.69, 9.17) is 5.26 Å². The van der Waals surface area contributed by atoms with Crippen molar-refractivity contribution in [2.24, 2.45) is 0 Å². The quantitative estimate of drug-likeness (QED) is 0.642. The van der Waals surface area contributed by atoms with Crippen LogP contribution < -0.4 is 0 Å². The van der Waals surface area contributed by atoms with Crippen LogP contribution in [0.3, 0.4) is 0 Å². The lowest BCUT2D eigenvalue weighted by molar-refractivity contribution is 0.881. The summed E-state index contributed by atoms with van der Waals surface area (Å²) in [6.45, 7) is 0. The van der Waals surface area contributed by atoms with Crippen molar-refractivity contribution in [2.45, 2.75) is 11.3 Å². The van der Waals surface area contributed by atoms with Gasteiger partial charge in [-0.3, -0.25) is 0 Å². The number of hydrogen-bond acceptors (Lipinski definition) is 5. The first-order valence-electron chi connectivity index (χ1n) is 4.74. The third-order valence-corrected chi connectivity index (χ3v) is 2.92. The van der Waals surface area contributed by atoms with Gasteiger partial charge in [0.1, 0.15) is 0 Å². The molecule has 16 heavy (non-hydrogen) atoms.